The number of nitrogens with zero attached hydrogens (tertiary/aromatic N) is 12. The summed E-state index contributed by atoms with van der Waals surface area (Å²) >= 11 is 32.3. The Morgan fingerprint density at radius 3 is 1.09 bits per heavy atom. The second kappa shape index (κ2) is 31.1. The molecular weight excluding hydrogens is 1690 g/mol. The molecule has 406 valence electrons. The van der Waals surface area contributed by atoms with Crippen molar-refractivity contribution in [2.45, 2.75) is 0 Å². The Morgan fingerprint density at radius 2 is 0.675 bits per heavy atom. The van der Waals surface area contributed by atoms with Crippen LogP contribution in [0.25, 0.3) is 56.9 Å². The van der Waals surface area contributed by atoms with Gasteiger partial charge in [-0.05, 0) is 206 Å². The molecule has 10 rings (SSSR count). The summed E-state index contributed by atoms with van der Waals surface area (Å²) < 4.78 is 12.5. The topological polar surface area (TPSA) is 253 Å². The van der Waals surface area contributed by atoms with Crippen molar-refractivity contribution < 1.29 is 24.0 Å². The SMILES string of the molecule is Brc1cccc(-c2cccc(Br)n2)n1.COc1cc(Br)nc(-c2cccc(Br)n2)c1.O=[N+]([O-])c1cc(Br)[n+]([O-])c(-c2cccc(Br)n2)c1.O=[N+]([O-])c1cc(Br)nc(-c2cccc(Br)n2)c1.[O-][n+]1c(Br)cccc1-c1cccc(Br)n1. The lowest BCUT2D eigenvalue weighted by Gasteiger charge is -2.05. The van der Waals surface area contributed by atoms with Crippen molar-refractivity contribution in [1.29, 1.82) is 0 Å². The minimum atomic E-state index is -0.563. The van der Waals surface area contributed by atoms with Gasteiger partial charge in [0, 0.05) is 68.3 Å². The molecule has 0 fully saturated rings. The number of hydrogen-bond acceptors (Lipinski definition) is 15. The molecule has 0 saturated carbocycles. The molecule has 10 aromatic heterocycles. The molecule has 0 N–H and O–H groups in total. The molecule has 29 heteroatoms. The quantitative estimate of drug-likeness (QED) is 0.0451. The van der Waals surface area contributed by atoms with Crippen LogP contribution in [0.1, 0.15) is 0 Å². The molecule has 10 aromatic rings. The van der Waals surface area contributed by atoms with Crippen LogP contribution in [-0.2, 0) is 0 Å². The van der Waals surface area contributed by atoms with Crippen LogP contribution in [0.5, 0.6) is 5.75 Å². The van der Waals surface area contributed by atoms with E-state index in [-0.39, 0.29) is 21.7 Å². The fourth-order valence-electron chi connectivity index (χ4n) is 6.23. The summed E-state index contributed by atoms with van der Waals surface area (Å²) in [7, 11) is 1.62. The monoisotopic (exact) mass is 1710 g/mol. The first-order valence-corrected chi connectivity index (χ1v) is 29.9. The van der Waals surface area contributed by atoms with E-state index in [2.05, 4.69) is 199 Å². The Balaban J connectivity index is 0.000000162. The van der Waals surface area contributed by atoms with Gasteiger partial charge in [-0.25, -0.2) is 39.9 Å². The fraction of sp³-hybridized carbons (Fsp3) is 0.0196. The molecule has 0 unspecified atom stereocenters. The number of pyridine rings is 10. The molecule has 0 aliphatic heterocycles. The van der Waals surface area contributed by atoms with Crippen molar-refractivity contribution in [3.8, 4) is 62.7 Å². The first-order valence-electron chi connectivity index (χ1n) is 21.9. The van der Waals surface area contributed by atoms with Crippen LogP contribution < -0.4 is 14.2 Å². The maximum absolute atomic E-state index is 11.8. The number of ether oxygens (including phenoxy) is 1. The van der Waals surface area contributed by atoms with E-state index in [9.17, 15) is 30.6 Å². The summed E-state index contributed by atoms with van der Waals surface area (Å²) in [6.45, 7) is 0. The zero-order chi connectivity index (χ0) is 58.0. The first kappa shape index (κ1) is 63.7. The van der Waals surface area contributed by atoms with Crippen molar-refractivity contribution in [2.24, 2.45) is 0 Å². The van der Waals surface area contributed by atoms with E-state index in [1.165, 1.54) is 18.2 Å². The van der Waals surface area contributed by atoms with Gasteiger partial charge in [0.15, 0.2) is 0 Å². The van der Waals surface area contributed by atoms with Gasteiger partial charge in [0.2, 0.25) is 11.4 Å². The van der Waals surface area contributed by atoms with Crippen molar-refractivity contribution in [1.82, 2.24) is 39.9 Å². The van der Waals surface area contributed by atoms with E-state index < -0.39 is 9.85 Å². The molecular formula is C51H30Br10N12O7. The van der Waals surface area contributed by atoms with Gasteiger partial charge in [-0.1, -0.05) is 36.4 Å². The third kappa shape index (κ3) is 19.3. The second-order valence-electron chi connectivity index (χ2n) is 15.1. The number of rotatable bonds is 8. The molecule has 0 spiro atoms. The highest BCUT2D eigenvalue weighted by atomic mass is 79.9. The number of methoxy groups -OCH3 is 1. The first-order chi connectivity index (χ1) is 38.2. The molecule has 19 nitrogen and oxygen atoms in total. The van der Waals surface area contributed by atoms with Crippen LogP contribution in [0, 0.1) is 30.6 Å². The summed E-state index contributed by atoms with van der Waals surface area (Å²) in [6, 6.07) is 46.9. The third-order valence-electron chi connectivity index (χ3n) is 9.67. The molecule has 0 radical (unpaired) electrons. The Hall–Kier alpha value is -5.50. The van der Waals surface area contributed by atoms with E-state index in [0.717, 1.165) is 57.7 Å². The molecule has 10 heterocycles. The highest BCUT2D eigenvalue weighted by molar-refractivity contribution is 9.12. The van der Waals surface area contributed by atoms with Gasteiger partial charge in [0.1, 0.15) is 54.0 Å². The molecule has 0 atom stereocenters. The molecule has 80 heavy (non-hydrogen) atoms. The Morgan fingerprint density at radius 1 is 0.350 bits per heavy atom. The zero-order valence-electron chi connectivity index (χ0n) is 40.1. The molecule has 0 aliphatic rings. The van der Waals surface area contributed by atoms with Crippen LogP contribution in [0.3, 0.4) is 0 Å². The minimum Gasteiger partial charge on any atom is -0.617 e. The third-order valence-corrected chi connectivity index (χ3v) is 14.3. The molecule has 0 saturated heterocycles. The second-order valence-corrected chi connectivity index (χ2v) is 23.2. The lowest BCUT2D eigenvalue weighted by Crippen LogP contribution is -2.31. The Labute approximate surface area is 539 Å². The highest BCUT2D eigenvalue weighted by Gasteiger charge is 2.21. The van der Waals surface area contributed by atoms with Crippen LogP contribution in [-0.4, -0.2) is 56.8 Å². The van der Waals surface area contributed by atoms with Gasteiger partial charge in [-0.15, -0.1) is 0 Å². The predicted molar refractivity (Wildman–Crippen MR) is 337 cm³/mol. The van der Waals surface area contributed by atoms with Gasteiger partial charge in [0.25, 0.3) is 20.6 Å². The number of halogens is 10. The average Bonchev–Trinajstić information content (AvgIpc) is 3.42. The normalized spacial score (nSPS) is 10.2. The largest absolute Gasteiger partial charge is 0.617 e. The Bertz CT molecular complexity index is 3800. The molecule has 0 aromatic carbocycles. The molecule has 0 bridgehead atoms. The van der Waals surface area contributed by atoms with E-state index in [1.807, 2.05) is 78.9 Å². The lowest BCUT2D eigenvalue weighted by atomic mass is 10.2. The molecule has 0 aliphatic carbocycles. The predicted octanol–water partition coefficient (Wildman–Crippen LogP) is 16.6. The summed E-state index contributed by atoms with van der Waals surface area (Å²) in [5, 5.41) is 45.0. The van der Waals surface area contributed by atoms with E-state index in [4.69, 9.17) is 4.74 Å². The highest BCUT2D eigenvalue weighted by Crippen LogP contribution is 2.28. The maximum Gasteiger partial charge on any atom is 0.283 e. The van der Waals surface area contributed by atoms with Crippen LogP contribution in [0.15, 0.2) is 210 Å². The zero-order valence-corrected chi connectivity index (χ0v) is 56.0. The standard InChI is InChI=1S/C11H8Br2N2O.C10H5Br2N3O3.C10H5Br2N3O2.C10H6Br2N2O.C10H6Br2N2/c1-16-7-5-9(15-11(13)6-7)8-3-2-4-10(12)14-8;11-9-3-1-2-7(13-9)8-4-6(15(17)18)5-10(12)14(8)16;11-9-3-1-2-7(13-9)8-4-6(15(16)17)5-10(12)14-8;11-9-5-1-3-7(13-9)8-4-2-6-10(12)14(8)15;11-9-5-1-3-7(13-9)8-4-2-6-10(12)14-8/h2-6H,1H3;1-5H;1-5H;1-6H;1-6H. The maximum atomic E-state index is 11.8. The summed E-state index contributed by atoms with van der Waals surface area (Å²) in [6.07, 6.45) is 0. The van der Waals surface area contributed by atoms with Crippen molar-refractivity contribution in [3.63, 3.8) is 0 Å². The Kier molecular flexibility index (Phi) is 24.7. The minimum absolute atomic E-state index is 0.0244. The fourth-order valence-corrected chi connectivity index (χ4v) is 9.90. The van der Waals surface area contributed by atoms with Crippen molar-refractivity contribution in [2.75, 3.05) is 7.11 Å². The molecule has 0 amide bonds. The smallest absolute Gasteiger partial charge is 0.283 e. The van der Waals surface area contributed by atoms with Gasteiger partial charge >= 0.3 is 0 Å². The van der Waals surface area contributed by atoms with Gasteiger partial charge in [-0.2, -0.15) is 9.46 Å². The van der Waals surface area contributed by atoms with Crippen LogP contribution in [0.4, 0.5) is 11.4 Å². The number of aromatic nitrogens is 10. The van der Waals surface area contributed by atoms with Gasteiger partial charge in [-0.3, -0.25) is 20.2 Å². The van der Waals surface area contributed by atoms with Gasteiger partial charge in [0.05, 0.1) is 63.3 Å². The summed E-state index contributed by atoms with van der Waals surface area (Å²) in [5.41, 5.74) is 5.74. The average molecular weight is 1720 g/mol. The van der Waals surface area contributed by atoms with E-state index >= 15 is 0 Å². The number of hydrogen-bond donors (Lipinski definition) is 0. The number of nitro groups is 2. The van der Waals surface area contributed by atoms with Crippen molar-refractivity contribution >= 4 is 171 Å². The van der Waals surface area contributed by atoms with Crippen LogP contribution >= 0.6 is 159 Å². The van der Waals surface area contributed by atoms with E-state index in [1.54, 1.807) is 67.8 Å². The summed E-state index contributed by atoms with van der Waals surface area (Å²) in [4.78, 5) is 54.5. The van der Waals surface area contributed by atoms with Gasteiger partial charge < -0.3 is 15.2 Å². The summed E-state index contributed by atoms with van der Waals surface area (Å²) in [5.74, 6) is 0.749. The van der Waals surface area contributed by atoms with Crippen molar-refractivity contribution in [3.05, 3.63) is 240 Å². The van der Waals surface area contributed by atoms with E-state index in [0.29, 0.717) is 56.2 Å². The van der Waals surface area contributed by atoms with Crippen LogP contribution in [0.2, 0.25) is 0 Å². The lowest BCUT2D eigenvalue weighted by molar-refractivity contribution is -0.606.